The third kappa shape index (κ3) is 2.13. The summed E-state index contributed by atoms with van der Waals surface area (Å²) in [5, 5.41) is 24.3. The van der Waals surface area contributed by atoms with E-state index in [0.717, 1.165) is 11.8 Å². The van der Waals surface area contributed by atoms with Gasteiger partial charge in [-0.25, -0.2) is 0 Å². The van der Waals surface area contributed by atoms with Crippen molar-refractivity contribution in [3.05, 3.63) is 35.9 Å². The molecule has 21 heavy (non-hydrogen) atoms. The van der Waals surface area contributed by atoms with E-state index in [2.05, 4.69) is 20.8 Å². The van der Waals surface area contributed by atoms with Crippen LogP contribution >= 0.6 is 0 Å². The highest BCUT2D eigenvalue weighted by atomic mass is 16.3. The topological polar surface area (TPSA) is 87.1 Å². The third-order valence-electron chi connectivity index (χ3n) is 3.85. The van der Waals surface area contributed by atoms with Crippen LogP contribution in [0.3, 0.4) is 0 Å². The zero-order valence-corrected chi connectivity index (χ0v) is 11.6. The molecule has 1 saturated heterocycles. The van der Waals surface area contributed by atoms with E-state index >= 15 is 0 Å². The van der Waals surface area contributed by atoms with Crippen LogP contribution in [0, 0.1) is 0 Å². The van der Waals surface area contributed by atoms with E-state index < -0.39 is 5.41 Å². The highest BCUT2D eigenvalue weighted by molar-refractivity contribution is 5.77. The maximum atomic E-state index is 11.5. The molecule has 1 aliphatic heterocycles. The molecule has 0 saturated carbocycles. The van der Waals surface area contributed by atoms with Crippen molar-refractivity contribution in [3.63, 3.8) is 0 Å². The minimum atomic E-state index is -0.576. The number of anilines is 1. The number of nitrogens with zero attached hydrogens (tertiary/aromatic N) is 2. The van der Waals surface area contributed by atoms with E-state index in [1.165, 1.54) is 0 Å². The van der Waals surface area contributed by atoms with Crippen LogP contribution in [0.15, 0.2) is 30.3 Å². The fourth-order valence-electron chi connectivity index (χ4n) is 2.51. The smallest absolute Gasteiger partial charge is 0.152 e. The van der Waals surface area contributed by atoms with E-state index in [9.17, 15) is 9.90 Å². The molecule has 6 nitrogen and oxygen atoms in total. The second-order valence-corrected chi connectivity index (χ2v) is 5.14. The van der Waals surface area contributed by atoms with Crippen molar-refractivity contribution >= 4 is 12.1 Å². The molecule has 1 fully saturated rings. The molecule has 1 aromatic heterocycles. The summed E-state index contributed by atoms with van der Waals surface area (Å²) >= 11 is 0. The summed E-state index contributed by atoms with van der Waals surface area (Å²) in [7, 11) is 1.75. The molecule has 0 spiro atoms. The monoisotopic (exact) mass is 284 g/mol. The molecule has 2 heterocycles. The van der Waals surface area contributed by atoms with Gasteiger partial charge in [-0.2, -0.15) is 0 Å². The molecular formula is C15H16N4O2. The third-order valence-corrected chi connectivity index (χ3v) is 3.85. The number of aldehydes is 1. The highest BCUT2D eigenvalue weighted by Crippen LogP contribution is 2.35. The standard InChI is InChI=1S/C15H16N4O2/c1-16-14-11(15(9-20)7-17-8-15)6-12(18-19-14)10-4-2-3-5-13(10)21/h2-6,9,17,21H,7-8H2,1H3,(H,16,19). The number of carbonyl (C=O) groups excluding carboxylic acids is 1. The maximum Gasteiger partial charge on any atom is 0.152 e. The van der Waals surface area contributed by atoms with Crippen LogP contribution in [0.5, 0.6) is 5.75 Å². The predicted octanol–water partition coefficient (Wildman–Crippen LogP) is 0.931. The van der Waals surface area contributed by atoms with Gasteiger partial charge in [-0.15, -0.1) is 10.2 Å². The van der Waals surface area contributed by atoms with E-state index in [0.29, 0.717) is 30.2 Å². The number of carbonyl (C=O) groups is 1. The van der Waals surface area contributed by atoms with Crippen molar-refractivity contribution < 1.29 is 9.90 Å². The van der Waals surface area contributed by atoms with Crippen molar-refractivity contribution in [3.8, 4) is 17.0 Å². The zero-order chi connectivity index (χ0) is 14.9. The summed E-state index contributed by atoms with van der Waals surface area (Å²) in [5.41, 5.74) is 1.37. The first-order valence-electron chi connectivity index (χ1n) is 6.71. The summed E-state index contributed by atoms with van der Waals surface area (Å²) < 4.78 is 0. The molecule has 0 amide bonds. The molecule has 3 N–H and O–H groups in total. The second kappa shape index (κ2) is 5.14. The van der Waals surface area contributed by atoms with Gasteiger partial charge in [-0.05, 0) is 18.2 Å². The number of benzene rings is 1. The number of rotatable bonds is 4. The minimum Gasteiger partial charge on any atom is -0.507 e. The Balaban J connectivity index is 2.14. The van der Waals surface area contributed by atoms with Gasteiger partial charge in [0.2, 0.25) is 0 Å². The van der Waals surface area contributed by atoms with Crippen LogP contribution in [0.4, 0.5) is 5.82 Å². The van der Waals surface area contributed by atoms with Crippen molar-refractivity contribution in [2.75, 3.05) is 25.5 Å². The van der Waals surface area contributed by atoms with Gasteiger partial charge in [0, 0.05) is 31.3 Å². The summed E-state index contributed by atoms with van der Waals surface area (Å²) in [6, 6.07) is 8.77. The SMILES string of the molecule is CNc1nnc(-c2ccccc2O)cc1C1(C=O)CNC1. The number of phenols is 1. The van der Waals surface area contributed by atoms with Gasteiger partial charge in [0.15, 0.2) is 5.82 Å². The molecule has 1 aliphatic rings. The van der Waals surface area contributed by atoms with Gasteiger partial charge in [-0.3, -0.25) is 0 Å². The zero-order valence-electron chi connectivity index (χ0n) is 11.6. The molecule has 1 aromatic carbocycles. The largest absolute Gasteiger partial charge is 0.507 e. The number of aromatic nitrogens is 2. The van der Waals surface area contributed by atoms with E-state index in [-0.39, 0.29) is 5.75 Å². The predicted molar refractivity (Wildman–Crippen MR) is 79.3 cm³/mol. The number of hydrogen-bond donors (Lipinski definition) is 3. The van der Waals surface area contributed by atoms with Gasteiger partial charge < -0.3 is 20.5 Å². The Morgan fingerprint density at radius 1 is 1.33 bits per heavy atom. The average molecular weight is 284 g/mol. The Labute approximate surface area is 122 Å². The lowest BCUT2D eigenvalue weighted by Gasteiger charge is -2.38. The van der Waals surface area contributed by atoms with Gasteiger partial charge >= 0.3 is 0 Å². The van der Waals surface area contributed by atoms with Crippen LogP contribution in [0.2, 0.25) is 0 Å². The van der Waals surface area contributed by atoms with Crippen LogP contribution < -0.4 is 10.6 Å². The van der Waals surface area contributed by atoms with Gasteiger partial charge in [-0.1, -0.05) is 12.1 Å². The molecule has 0 unspecified atom stereocenters. The number of para-hydroxylation sites is 1. The first-order chi connectivity index (χ1) is 10.2. The van der Waals surface area contributed by atoms with E-state index in [4.69, 9.17) is 0 Å². The van der Waals surface area contributed by atoms with Crippen molar-refractivity contribution in [2.45, 2.75) is 5.41 Å². The fraction of sp³-hybridized carbons (Fsp3) is 0.267. The quantitative estimate of drug-likeness (QED) is 0.724. The van der Waals surface area contributed by atoms with Crippen LogP contribution in [-0.2, 0) is 10.2 Å². The van der Waals surface area contributed by atoms with Crippen LogP contribution in [0.1, 0.15) is 5.56 Å². The second-order valence-electron chi connectivity index (χ2n) is 5.14. The number of aromatic hydroxyl groups is 1. The lowest BCUT2D eigenvalue weighted by atomic mass is 9.76. The summed E-state index contributed by atoms with van der Waals surface area (Å²) in [4.78, 5) is 11.5. The Kier molecular flexibility index (Phi) is 3.31. The van der Waals surface area contributed by atoms with E-state index in [1.54, 1.807) is 25.2 Å². The lowest BCUT2D eigenvalue weighted by Crippen LogP contribution is -2.58. The molecule has 2 aromatic rings. The summed E-state index contributed by atoms with van der Waals surface area (Å²) in [6.45, 7) is 1.16. The Bertz CT molecular complexity index is 683. The normalized spacial score (nSPS) is 16.0. The minimum absolute atomic E-state index is 0.141. The molecule has 0 aliphatic carbocycles. The van der Waals surface area contributed by atoms with Crippen molar-refractivity contribution in [1.82, 2.24) is 15.5 Å². The number of nitrogens with one attached hydrogen (secondary N) is 2. The summed E-state index contributed by atoms with van der Waals surface area (Å²) in [6.07, 6.45) is 0.954. The Hall–Kier alpha value is -2.47. The molecule has 0 bridgehead atoms. The average Bonchev–Trinajstić information content (AvgIpc) is 2.47. The molecule has 3 rings (SSSR count). The number of hydrogen-bond acceptors (Lipinski definition) is 6. The van der Waals surface area contributed by atoms with Crippen LogP contribution in [0.25, 0.3) is 11.3 Å². The molecular weight excluding hydrogens is 268 g/mol. The van der Waals surface area contributed by atoms with Crippen LogP contribution in [-0.4, -0.2) is 41.7 Å². The first-order valence-corrected chi connectivity index (χ1v) is 6.71. The van der Waals surface area contributed by atoms with Crippen molar-refractivity contribution in [2.24, 2.45) is 0 Å². The Morgan fingerprint density at radius 3 is 2.67 bits per heavy atom. The lowest BCUT2D eigenvalue weighted by molar-refractivity contribution is -0.114. The first kappa shape index (κ1) is 13.5. The van der Waals surface area contributed by atoms with Gasteiger partial charge in [0.1, 0.15) is 12.0 Å². The number of phenolic OH excluding ortho intramolecular Hbond substituents is 1. The maximum absolute atomic E-state index is 11.5. The van der Waals surface area contributed by atoms with E-state index in [1.807, 2.05) is 12.1 Å². The fourth-order valence-corrected chi connectivity index (χ4v) is 2.51. The Morgan fingerprint density at radius 2 is 2.10 bits per heavy atom. The summed E-state index contributed by atoms with van der Waals surface area (Å²) in [5.74, 6) is 0.726. The van der Waals surface area contributed by atoms with Gasteiger partial charge in [0.25, 0.3) is 0 Å². The van der Waals surface area contributed by atoms with Crippen molar-refractivity contribution in [1.29, 1.82) is 0 Å². The molecule has 108 valence electrons. The van der Waals surface area contributed by atoms with Gasteiger partial charge in [0.05, 0.1) is 11.1 Å². The highest BCUT2D eigenvalue weighted by Gasteiger charge is 2.41. The molecule has 0 radical (unpaired) electrons. The molecule has 0 atom stereocenters. The molecule has 6 heteroatoms.